The van der Waals surface area contributed by atoms with Crippen LogP contribution in [0.1, 0.15) is 33.1 Å². The van der Waals surface area contributed by atoms with Crippen LogP contribution in [0.3, 0.4) is 0 Å². The Hall–Kier alpha value is -1.10. The molecule has 0 aliphatic carbocycles. The molecule has 1 heterocycles. The van der Waals surface area contributed by atoms with E-state index >= 15 is 0 Å². The average molecular weight is 227 g/mol. The molecule has 1 aliphatic heterocycles. The van der Waals surface area contributed by atoms with Crippen molar-refractivity contribution in [3.05, 3.63) is 0 Å². The van der Waals surface area contributed by atoms with E-state index in [2.05, 4.69) is 0 Å². The largest absolute Gasteiger partial charge is 0.368 e. The molecule has 2 amide bonds. The maximum atomic E-state index is 12.0. The molecule has 1 fully saturated rings. The summed E-state index contributed by atoms with van der Waals surface area (Å²) >= 11 is 0. The Morgan fingerprint density at radius 1 is 1.31 bits per heavy atom. The van der Waals surface area contributed by atoms with Gasteiger partial charge < -0.3 is 16.4 Å². The van der Waals surface area contributed by atoms with Crippen molar-refractivity contribution in [3.63, 3.8) is 0 Å². The molecule has 1 aliphatic rings. The standard InChI is InChI=1S/C11H21N3O2/c1-7(2)9(12)11(16)14-6-4-3-5-8(14)10(13)15/h7-9H,3-6,12H2,1-2H3,(H2,13,15)/t8?,9-/m0/s1. The lowest BCUT2D eigenvalue weighted by Crippen LogP contribution is -2.56. The van der Waals surface area contributed by atoms with Crippen LogP contribution in [0.15, 0.2) is 0 Å². The molecule has 0 radical (unpaired) electrons. The van der Waals surface area contributed by atoms with Crippen molar-refractivity contribution in [2.45, 2.75) is 45.2 Å². The predicted molar refractivity (Wildman–Crippen MR) is 61.4 cm³/mol. The van der Waals surface area contributed by atoms with Gasteiger partial charge in [-0.25, -0.2) is 0 Å². The maximum absolute atomic E-state index is 12.0. The van der Waals surface area contributed by atoms with Gasteiger partial charge in [0.1, 0.15) is 6.04 Å². The molecule has 0 spiro atoms. The quantitative estimate of drug-likeness (QED) is 0.701. The second-order valence-corrected chi connectivity index (χ2v) is 4.72. The highest BCUT2D eigenvalue weighted by Crippen LogP contribution is 2.18. The zero-order valence-corrected chi connectivity index (χ0v) is 9.98. The zero-order valence-electron chi connectivity index (χ0n) is 9.98. The monoisotopic (exact) mass is 227 g/mol. The number of nitrogens with two attached hydrogens (primary N) is 2. The minimum absolute atomic E-state index is 0.0722. The highest BCUT2D eigenvalue weighted by molar-refractivity contribution is 5.89. The Bertz CT molecular complexity index is 278. The van der Waals surface area contributed by atoms with Crippen LogP contribution in [-0.2, 0) is 9.59 Å². The lowest BCUT2D eigenvalue weighted by molar-refractivity contribution is -0.142. The fourth-order valence-electron chi connectivity index (χ4n) is 1.97. The van der Waals surface area contributed by atoms with E-state index in [1.165, 1.54) is 0 Å². The Labute approximate surface area is 96.1 Å². The van der Waals surface area contributed by atoms with Crippen LogP contribution < -0.4 is 11.5 Å². The van der Waals surface area contributed by atoms with Crippen molar-refractivity contribution in [2.75, 3.05) is 6.54 Å². The van der Waals surface area contributed by atoms with Crippen molar-refractivity contribution in [2.24, 2.45) is 17.4 Å². The minimum Gasteiger partial charge on any atom is -0.368 e. The lowest BCUT2D eigenvalue weighted by Gasteiger charge is -2.36. The molecule has 0 bridgehead atoms. The molecule has 0 aromatic carbocycles. The van der Waals surface area contributed by atoms with Gasteiger partial charge in [0, 0.05) is 6.54 Å². The first kappa shape index (κ1) is 13.0. The van der Waals surface area contributed by atoms with E-state index in [-0.39, 0.29) is 11.8 Å². The SMILES string of the molecule is CC(C)[C@H](N)C(=O)N1CCCCC1C(N)=O. The summed E-state index contributed by atoms with van der Waals surface area (Å²) in [6.45, 7) is 4.38. The molecule has 0 aromatic rings. The number of piperidine rings is 1. The van der Waals surface area contributed by atoms with Gasteiger partial charge in [-0.05, 0) is 25.2 Å². The first-order valence-corrected chi connectivity index (χ1v) is 5.80. The summed E-state index contributed by atoms with van der Waals surface area (Å²) in [5.41, 5.74) is 11.1. The Morgan fingerprint density at radius 3 is 2.44 bits per heavy atom. The van der Waals surface area contributed by atoms with E-state index in [1.54, 1.807) is 4.90 Å². The van der Waals surface area contributed by atoms with Gasteiger partial charge in [0.25, 0.3) is 0 Å². The summed E-state index contributed by atoms with van der Waals surface area (Å²) in [4.78, 5) is 24.8. The molecule has 0 saturated carbocycles. The van der Waals surface area contributed by atoms with Crippen LogP contribution >= 0.6 is 0 Å². The molecule has 4 N–H and O–H groups in total. The fourth-order valence-corrected chi connectivity index (χ4v) is 1.97. The Balaban J connectivity index is 2.75. The topological polar surface area (TPSA) is 89.4 Å². The van der Waals surface area contributed by atoms with Crippen LogP contribution in [0.2, 0.25) is 0 Å². The zero-order chi connectivity index (χ0) is 12.3. The van der Waals surface area contributed by atoms with Crippen molar-refractivity contribution < 1.29 is 9.59 Å². The van der Waals surface area contributed by atoms with Gasteiger partial charge in [-0.15, -0.1) is 0 Å². The van der Waals surface area contributed by atoms with Crippen LogP contribution in [0.5, 0.6) is 0 Å². The van der Waals surface area contributed by atoms with Gasteiger partial charge in [-0.3, -0.25) is 9.59 Å². The molecule has 92 valence electrons. The number of hydrogen-bond donors (Lipinski definition) is 2. The molecule has 5 nitrogen and oxygen atoms in total. The summed E-state index contributed by atoms with van der Waals surface area (Å²) in [6.07, 6.45) is 2.51. The van der Waals surface area contributed by atoms with Crippen LogP contribution in [0.4, 0.5) is 0 Å². The molecule has 1 rings (SSSR count). The summed E-state index contributed by atoms with van der Waals surface area (Å²) < 4.78 is 0. The van der Waals surface area contributed by atoms with Crippen LogP contribution in [-0.4, -0.2) is 35.3 Å². The smallest absolute Gasteiger partial charge is 0.240 e. The van der Waals surface area contributed by atoms with Gasteiger partial charge >= 0.3 is 0 Å². The van der Waals surface area contributed by atoms with Crippen molar-refractivity contribution in [3.8, 4) is 0 Å². The molecule has 5 heteroatoms. The third-order valence-electron chi connectivity index (χ3n) is 3.12. The van der Waals surface area contributed by atoms with E-state index < -0.39 is 18.0 Å². The minimum atomic E-state index is -0.542. The van der Waals surface area contributed by atoms with Gasteiger partial charge in [0.05, 0.1) is 6.04 Å². The molecule has 1 unspecified atom stereocenters. The van der Waals surface area contributed by atoms with Crippen LogP contribution in [0, 0.1) is 5.92 Å². The number of primary amides is 1. The van der Waals surface area contributed by atoms with Crippen LogP contribution in [0.25, 0.3) is 0 Å². The fraction of sp³-hybridized carbons (Fsp3) is 0.818. The average Bonchev–Trinajstić information content (AvgIpc) is 2.26. The van der Waals surface area contributed by atoms with E-state index in [0.29, 0.717) is 13.0 Å². The first-order valence-electron chi connectivity index (χ1n) is 5.80. The first-order chi connectivity index (χ1) is 7.45. The van der Waals surface area contributed by atoms with Crippen molar-refractivity contribution in [1.82, 2.24) is 4.90 Å². The number of carbonyl (C=O) groups is 2. The van der Waals surface area contributed by atoms with Gasteiger partial charge in [0.2, 0.25) is 11.8 Å². The van der Waals surface area contributed by atoms with Gasteiger partial charge in [-0.1, -0.05) is 13.8 Å². The van der Waals surface area contributed by atoms with E-state index in [1.807, 2.05) is 13.8 Å². The summed E-state index contributed by atoms with van der Waals surface area (Å²) in [5.74, 6) is -0.509. The van der Waals surface area contributed by atoms with Crippen molar-refractivity contribution >= 4 is 11.8 Å². The van der Waals surface area contributed by atoms with Crippen molar-refractivity contribution in [1.29, 1.82) is 0 Å². The summed E-state index contributed by atoms with van der Waals surface area (Å²) in [7, 11) is 0. The molecule has 16 heavy (non-hydrogen) atoms. The summed E-state index contributed by atoms with van der Waals surface area (Å²) in [6, 6.07) is -1.01. The third kappa shape index (κ3) is 2.72. The second kappa shape index (κ2) is 5.30. The van der Waals surface area contributed by atoms with E-state index in [0.717, 1.165) is 12.8 Å². The maximum Gasteiger partial charge on any atom is 0.240 e. The normalized spacial score (nSPS) is 23.2. The highest BCUT2D eigenvalue weighted by atomic mass is 16.2. The second-order valence-electron chi connectivity index (χ2n) is 4.72. The molecule has 2 atom stereocenters. The van der Waals surface area contributed by atoms with E-state index in [9.17, 15) is 9.59 Å². The number of nitrogens with zero attached hydrogens (tertiary/aromatic N) is 1. The van der Waals surface area contributed by atoms with E-state index in [4.69, 9.17) is 11.5 Å². The van der Waals surface area contributed by atoms with Gasteiger partial charge in [0.15, 0.2) is 0 Å². The number of carbonyl (C=O) groups excluding carboxylic acids is 2. The lowest BCUT2D eigenvalue weighted by atomic mass is 9.97. The molecular formula is C11H21N3O2. The molecular weight excluding hydrogens is 206 g/mol. The molecule has 0 aromatic heterocycles. The third-order valence-corrected chi connectivity index (χ3v) is 3.12. The predicted octanol–water partition coefficient (Wildman–Crippen LogP) is -0.164. The summed E-state index contributed by atoms with van der Waals surface area (Å²) in [5, 5.41) is 0. The van der Waals surface area contributed by atoms with Gasteiger partial charge in [-0.2, -0.15) is 0 Å². The Morgan fingerprint density at radius 2 is 1.94 bits per heavy atom. The Kier molecular flexibility index (Phi) is 4.29. The number of likely N-dealkylation sites (tertiary alicyclic amines) is 1. The number of hydrogen-bond acceptors (Lipinski definition) is 3. The molecule has 1 saturated heterocycles. The number of rotatable bonds is 3. The number of amides is 2. The highest BCUT2D eigenvalue weighted by Gasteiger charge is 2.33.